The Bertz CT molecular complexity index is 206. The Kier molecular flexibility index (Phi) is 13.4. The van der Waals surface area contributed by atoms with Gasteiger partial charge in [0.1, 0.15) is 6.61 Å². The minimum absolute atomic E-state index is 0.212. The molecule has 0 saturated carbocycles. The van der Waals surface area contributed by atoms with Gasteiger partial charge in [-0.15, -0.1) is 0 Å². The van der Waals surface area contributed by atoms with Crippen molar-refractivity contribution in [1.82, 2.24) is 0 Å². The van der Waals surface area contributed by atoms with Gasteiger partial charge in [-0.1, -0.05) is 58.3 Å². The van der Waals surface area contributed by atoms with E-state index in [1.165, 1.54) is 38.5 Å². The first kappa shape index (κ1) is 18.4. The zero-order valence-corrected chi connectivity index (χ0v) is 12.5. The largest absolute Gasteiger partial charge is 0.461 e. The van der Waals surface area contributed by atoms with Gasteiger partial charge < -0.3 is 14.6 Å². The summed E-state index contributed by atoms with van der Waals surface area (Å²) in [7, 11) is 1.55. The second-order valence-electron chi connectivity index (χ2n) is 4.94. The third-order valence-electron chi connectivity index (χ3n) is 3.13. The fourth-order valence-electron chi connectivity index (χ4n) is 1.91. The van der Waals surface area contributed by atoms with E-state index in [1.807, 2.05) is 0 Å². The van der Waals surface area contributed by atoms with E-state index in [0.29, 0.717) is 13.0 Å². The minimum atomic E-state index is -0.975. The quantitative estimate of drug-likeness (QED) is 0.414. The summed E-state index contributed by atoms with van der Waals surface area (Å²) in [5, 5.41) is 9.57. The number of ether oxygens (including phenoxy) is 2. The SMILES string of the molecule is CCCCCCCCCCC(O)C(=O)OCCOC. The topological polar surface area (TPSA) is 55.8 Å². The van der Waals surface area contributed by atoms with E-state index in [0.717, 1.165) is 12.8 Å². The van der Waals surface area contributed by atoms with Crippen molar-refractivity contribution in [3.8, 4) is 0 Å². The van der Waals surface area contributed by atoms with E-state index in [4.69, 9.17) is 9.47 Å². The zero-order chi connectivity index (χ0) is 14.3. The van der Waals surface area contributed by atoms with Crippen molar-refractivity contribution in [2.75, 3.05) is 20.3 Å². The Balaban J connectivity index is 3.32. The maximum atomic E-state index is 11.3. The lowest BCUT2D eigenvalue weighted by Gasteiger charge is -2.10. The van der Waals surface area contributed by atoms with Gasteiger partial charge in [-0.05, 0) is 6.42 Å². The standard InChI is InChI=1S/C15H30O4/c1-3-4-5-6-7-8-9-10-11-14(16)15(17)19-13-12-18-2/h14,16H,3-13H2,1-2H3. The van der Waals surface area contributed by atoms with Crippen LogP contribution >= 0.6 is 0 Å². The fourth-order valence-corrected chi connectivity index (χ4v) is 1.91. The maximum Gasteiger partial charge on any atom is 0.335 e. The van der Waals surface area contributed by atoms with Crippen LogP contribution in [0, 0.1) is 0 Å². The molecule has 0 aliphatic rings. The van der Waals surface area contributed by atoms with Crippen molar-refractivity contribution in [3.63, 3.8) is 0 Å². The highest BCUT2D eigenvalue weighted by molar-refractivity contribution is 5.74. The van der Waals surface area contributed by atoms with Gasteiger partial charge in [0.15, 0.2) is 6.10 Å². The number of rotatable bonds is 13. The van der Waals surface area contributed by atoms with Crippen LogP contribution in [0.2, 0.25) is 0 Å². The predicted molar refractivity (Wildman–Crippen MR) is 76.1 cm³/mol. The third-order valence-corrected chi connectivity index (χ3v) is 3.13. The molecule has 19 heavy (non-hydrogen) atoms. The number of methoxy groups -OCH3 is 1. The van der Waals surface area contributed by atoms with Crippen LogP contribution in [0.3, 0.4) is 0 Å². The van der Waals surface area contributed by atoms with E-state index in [9.17, 15) is 9.90 Å². The molecule has 0 bridgehead atoms. The number of carbonyl (C=O) groups is 1. The van der Waals surface area contributed by atoms with Crippen LogP contribution in [0.25, 0.3) is 0 Å². The lowest BCUT2D eigenvalue weighted by atomic mass is 10.1. The molecule has 4 nitrogen and oxygen atoms in total. The molecule has 0 saturated heterocycles. The minimum Gasteiger partial charge on any atom is -0.461 e. The molecular weight excluding hydrogens is 244 g/mol. The molecule has 0 heterocycles. The van der Waals surface area contributed by atoms with Crippen molar-refractivity contribution in [1.29, 1.82) is 0 Å². The normalized spacial score (nSPS) is 12.4. The third kappa shape index (κ3) is 12.2. The highest BCUT2D eigenvalue weighted by atomic mass is 16.6. The molecular formula is C15H30O4. The van der Waals surface area contributed by atoms with Gasteiger partial charge in [0.05, 0.1) is 6.61 Å². The van der Waals surface area contributed by atoms with E-state index in [-0.39, 0.29) is 6.61 Å². The van der Waals surface area contributed by atoms with Crippen LogP contribution in [-0.4, -0.2) is 37.5 Å². The lowest BCUT2D eigenvalue weighted by molar-refractivity contribution is -0.155. The molecule has 0 amide bonds. The Morgan fingerprint density at radius 1 is 1.00 bits per heavy atom. The summed E-state index contributed by atoms with van der Waals surface area (Å²) in [6.45, 7) is 2.80. The molecule has 0 radical (unpaired) electrons. The van der Waals surface area contributed by atoms with Crippen molar-refractivity contribution < 1.29 is 19.4 Å². The van der Waals surface area contributed by atoms with E-state index < -0.39 is 12.1 Å². The molecule has 1 unspecified atom stereocenters. The van der Waals surface area contributed by atoms with Gasteiger partial charge in [0.2, 0.25) is 0 Å². The van der Waals surface area contributed by atoms with Crippen LogP contribution in [-0.2, 0) is 14.3 Å². The Labute approximate surface area is 117 Å². The number of esters is 1. The predicted octanol–water partition coefficient (Wildman–Crippen LogP) is 3.07. The summed E-state index contributed by atoms with van der Waals surface area (Å²) >= 11 is 0. The molecule has 0 aliphatic heterocycles. The van der Waals surface area contributed by atoms with Gasteiger partial charge >= 0.3 is 5.97 Å². The number of hydrogen-bond acceptors (Lipinski definition) is 4. The Morgan fingerprint density at radius 2 is 1.58 bits per heavy atom. The molecule has 0 aromatic carbocycles. The lowest BCUT2D eigenvalue weighted by Crippen LogP contribution is -2.24. The second-order valence-corrected chi connectivity index (χ2v) is 4.94. The number of aliphatic hydroxyl groups is 1. The summed E-state index contributed by atoms with van der Waals surface area (Å²) < 4.78 is 9.62. The molecule has 114 valence electrons. The maximum absolute atomic E-state index is 11.3. The van der Waals surface area contributed by atoms with Gasteiger partial charge in [0, 0.05) is 7.11 Å². The summed E-state index contributed by atoms with van der Waals surface area (Å²) in [4.78, 5) is 11.3. The van der Waals surface area contributed by atoms with E-state index >= 15 is 0 Å². The van der Waals surface area contributed by atoms with Gasteiger partial charge in [-0.2, -0.15) is 0 Å². The molecule has 1 atom stereocenters. The first-order chi connectivity index (χ1) is 9.22. The molecule has 0 rings (SSSR count). The van der Waals surface area contributed by atoms with E-state index in [2.05, 4.69) is 6.92 Å². The van der Waals surface area contributed by atoms with E-state index in [1.54, 1.807) is 7.11 Å². The fraction of sp³-hybridized carbons (Fsp3) is 0.933. The molecule has 0 spiro atoms. The van der Waals surface area contributed by atoms with Crippen LogP contribution in [0.4, 0.5) is 0 Å². The molecule has 0 aliphatic carbocycles. The second kappa shape index (κ2) is 13.8. The van der Waals surface area contributed by atoms with Gasteiger partial charge in [0.25, 0.3) is 0 Å². The summed E-state index contributed by atoms with van der Waals surface area (Å²) in [6.07, 6.45) is 9.16. The van der Waals surface area contributed by atoms with Crippen LogP contribution in [0.1, 0.15) is 64.7 Å². The van der Waals surface area contributed by atoms with Crippen molar-refractivity contribution >= 4 is 5.97 Å². The molecule has 0 aromatic heterocycles. The number of aliphatic hydroxyl groups excluding tert-OH is 1. The summed E-state index contributed by atoms with van der Waals surface area (Å²) in [5.41, 5.74) is 0. The molecule has 1 N–H and O–H groups in total. The van der Waals surface area contributed by atoms with Crippen molar-refractivity contribution in [3.05, 3.63) is 0 Å². The van der Waals surface area contributed by atoms with Crippen LogP contribution < -0.4 is 0 Å². The average molecular weight is 274 g/mol. The number of unbranched alkanes of at least 4 members (excludes halogenated alkanes) is 7. The summed E-state index contributed by atoms with van der Waals surface area (Å²) in [5.74, 6) is -0.528. The first-order valence-electron chi connectivity index (χ1n) is 7.56. The highest BCUT2D eigenvalue weighted by Crippen LogP contribution is 2.11. The first-order valence-corrected chi connectivity index (χ1v) is 7.56. The van der Waals surface area contributed by atoms with Crippen molar-refractivity contribution in [2.24, 2.45) is 0 Å². The van der Waals surface area contributed by atoms with Gasteiger partial charge in [-0.3, -0.25) is 0 Å². The number of hydrogen-bond donors (Lipinski definition) is 1. The zero-order valence-electron chi connectivity index (χ0n) is 12.5. The highest BCUT2D eigenvalue weighted by Gasteiger charge is 2.15. The Morgan fingerprint density at radius 3 is 2.16 bits per heavy atom. The average Bonchev–Trinajstić information content (AvgIpc) is 2.41. The molecule has 4 heteroatoms. The van der Waals surface area contributed by atoms with Gasteiger partial charge in [-0.25, -0.2) is 4.79 Å². The monoisotopic (exact) mass is 274 g/mol. The molecule has 0 fully saturated rings. The van der Waals surface area contributed by atoms with Crippen LogP contribution in [0.15, 0.2) is 0 Å². The Hall–Kier alpha value is -0.610. The van der Waals surface area contributed by atoms with Crippen molar-refractivity contribution in [2.45, 2.75) is 70.8 Å². The smallest absolute Gasteiger partial charge is 0.335 e. The molecule has 0 aromatic rings. The number of carbonyl (C=O) groups excluding carboxylic acids is 1. The van der Waals surface area contributed by atoms with Crippen LogP contribution in [0.5, 0.6) is 0 Å². The summed E-state index contributed by atoms with van der Waals surface area (Å²) in [6, 6.07) is 0.